The number of fused-ring (bicyclic) bond motifs is 1. The van der Waals surface area contributed by atoms with Crippen molar-refractivity contribution in [1.29, 1.82) is 5.26 Å². The van der Waals surface area contributed by atoms with Crippen LogP contribution >= 0.6 is 11.8 Å². The number of carbonyl (C=O) groups excluding carboxylic acids is 1. The van der Waals surface area contributed by atoms with Crippen molar-refractivity contribution >= 4 is 28.7 Å². The fraction of sp³-hybridized carbons (Fsp3) is 0.471. The molecule has 1 amide bonds. The summed E-state index contributed by atoms with van der Waals surface area (Å²) in [6, 6.07) is 10.2. The topological polar surface area (TPSA) is 70.7 Å². The van der Waals surface area contributed by atoms with Gasteiger partial charge in [-0.1, -0.05) is 43.2 Å². The van der Waals surface area contributed by atoms with Crippen molar-refractivity contribution in [3.8, 4) is 6.07 Å². The lowest BCUT2D eigenvalue weighted by Crippen LogP contribution is -2.49. The van der Waals surface area contributed by atoms with Gasteiger partial charge in [0.2, 0.25) is 5.91 Å². The van der Waals surface area contributed by atoms with Crippen molar-refractivity contribution in [3.63, 3.8) is 0 Å². The average Bonchev–Trinajstić information content (AvgIpc) is 2.90. The summed E-state index contributed by atoms with van der Waals surface area (Å²) in [5.74, 6) is 0.186. The molecule has 1 aliphatic carbocycles. The normalized spacial score (nSPS) is 16.9. The van der Waals surface area contributed by atoms with Gasteiger partial charge in [-0.25, -0.2) is 4.98 Å². The molecule has 0 radical (unpaired) electrons. The Morgan fingerprint density at radius 3 is 2.83 bits per heavy atom. The number of hydrogen-bond acceptors (Lipinski definition) is 4. The smallest absolute Gasteiger partial charge is 0.231 e. The molecule has 0 unspecified atom stereocenters. The van der Waals surface area contributed by atoms with Crippen LogP contribution in [0.2, 0.25) is 0 Å². The van der Waals surface area contributed by atoms with E-state index in [0.29, 0.717) is 0 Å². The van der Waals surface area contributed by atoms with Crippen molar-refractivity contribution in [2.75, 3.05) is 5.75 Å². The Balaban J connectivity index is 1.64. The second-order valence-corrected chi connectivity index (χ2v) is 6.98. The molecule has 1 heterocycles. The highest BCUT2D eigenvalue weighted by molar-refractivity contribution is 7.99. The van der Waals surface area contributed by atoms with Gasteiger partial charge in [-0.05, 0) is 25.0 Å². The first-order valence-electron chi connectivity index (χ1n) is 7.90. The van der Waals surface area contributed by atoms with Gasteiger partial charge in [0.25, 0.3) is 0 Å². The third-order valence-corrected chi connectivity index (χ3v) is 5.41. The lowest BCUT2D eigenvalue weighted by atomic mass is 9.83. The van der Waals surface area contributed by atoms with E-state index in [4.69, 9.17) is 0 Å². The largest absolute Gasteiger partial charge is 0.337 e. The molecule has 1 aromatic carbocycles. The minimum atomic E-state index is -0.664. The molecule has 0 saturated heterocycles. The Hall–Kier alpha value is -2.00. The minimum Gasteiger partial charge on any atom is -0.337 e. The third kappa shape index (κ3) is 3.35. The monoisotopic (exact) mass is 328 g/mol. The average molecular weight is 328 g/mol. The number of aryl methyl sites for hydroxylation is 1. The Bertz CT molecular complexity index is 756. The molecule has 0 aliphatic heterocycles. The summed E-state index contributed by atoms with van der Waals surface area (Å²) < 4.78 is 1.99. The molecule has 120 valence electrons. The van der Waals surface area contributed by atoms with E-state index in [-0.39, 0.29) is 11.7 Å². The molecule has 23 heavy (non-hydrogen) atoms. The van der Waals surface area contributed by atoms with Crippen LogP contribution in [0.4, 0.5) is 0 Å². The predicted molar refractivity (Wildman–Crippen MR) is 91.0 cm³/mol. The third-order valence-electron chi connectivity index (χ3n) is 4.38. The lowest BCUT2D eigenvalue weighted by Gasteiger charge is -2.31. The van der Waals surface area contributed by atoms with Gasteiger partial charge in [0.1, 0.15) is 5.54 Å². The number of nitrogens with one attached hydrogen (secondary N) is 1. The Morgan fingerprint density at radius 1 is 1.39 bits per heavy atom. The molecule has 3 rings (SSSR count). The highest BCUT2D eigenvalue weighted by Crippen LogP contribution is 2.28. The van der Waals surface area contributed by atoms with Crippen LogP contribution in [0.3, 0.4) is 0 Å². The highest BCUT2D eigenvalue weighted by atomic mass is 32.2. The standard InChI is InChI=1S/C17H20N4OS/c1-21-14-8-4-3-7-13(14)19-16(21)23-11-15(22)20-17(12-18)9-5-2-6-10-17/h3-4,7-8H,2,5-6,9-11H2,1H3,(H,20,22). The summed E-state index contributed by atoms with van der Waals surface area (Å²) in [6.45, 7) is 0. The van der Waals surface area contributed by atoms with E-state index in [2.05, 4.69) is 16.4 Å². The molecular weight excluding hydrogens is 308 g/mol. The second kappa shape index (κ2) is 6.63. The first-order valence-corrected chi connectivity index (χ1v) is 8.89. The zero-order valence-corrected chi connectivity index (χ0v) is 14.0. The van der Waals surface area contributed by atoms with E-state index in [1.165, 1.54) is 11.8 Å². The summed E-state index contributed by atoms with van der Waals surface area (Å²) in [6.07, 6.45) is 4.67. The van der Waals surface area contributed by atoms with Crippen LogP contribution in [0.15, 0.2) is 29.4 Å². The highest BCUT2D eigenvalue weighted by Gasteiger charge is 2.33. The first-order chi connectivity index (χ1) is 11.1. The molecule has 1 aliphatic rings. The maximum atomic E-state index is 12.3. The fourth-order valence-electron chi connectivity index (χ4n) is 3.11. The number of carbonyl (C=O) groups is 1. The van der Waals surface area contributed by atoms with Crippen molar-refractivity contribution in [3.05, 3.63) is 24.3 Å². The zero-order chi connectivity index (χ0) is 16.3. The van der Waals surface area contributed by atoms with Crippen LogP contribution in [0.25, 0.3) is 11.0 Å². The number of imidazole rings is 1. The molecular formula is C17H20N4OS. The fourth-order valence-corrected chi connectivity index (χ4v) is 3.89. The van der Waals surface area contributed by atoms with Crippen LogP contribution in [0, 0.1) is 11.3 Å². The summed E-state index contributed by atoms with van der Waals surface area (Å²) >= 11 is 1.41. The number of nitriles is 1. The van der Waals surface area contributed by atoms with Crippen LogP contribution in [-0.4, -0.2) is 26.8 Å². The molecule has 6 heteroatoms. The number of thioether (sulfide) groups is 1. The first kappa shape index (κ1) is 15.9. The SMILES string of the molecule is Cn1c(SCC(=O)NC2(C#N)CCCCC2)nc2ccccc21. The molecule has 1 aromatic heterocycles. The maximum Gasteiger partial charge on any atom is 0.231 e. The van der Waals surface area contributed by atoms with Crippen molar-refractivity contribution in [2.24, 2.45) is 7.05 Å². The Labute approximate surface area is 140 Å². The van der Waals surface area contributed by atoms with Crippen molar-refractivity contribution < 1.29 is 4.79 Å². The van der Waals surface area contributed by atoms with Gasteiger partial charge in [-0.2, -0.15) is 5.26 Å². The summed E-state index contributed by atoms with van der Waals surface area (Å²) in [5.41, 5.74) is 1.32. The molecule has 1 fully saturated rings. The van der Waals surface area contributed by atoms with Gasteiger partial charge in [-0.15, -0.1) is 0 Å². The van der Waals surface area contributed by atoms with E-state index in [0.717, 1.165) is 48.3 Å². The maximum absolute atomic E-state index is 12.3. The van der Waals surface area contributed by atoms with Crippen LogP contribution in [0.1, 0.15) is 32.1 Å². The molecule has 1 N–H and O–H groups in total. The number of benzene rings is 1. The number of rotatable bonds is 4. The van der Waals surface area contributed by atoms with Gasteiger partial charge < -0.3 is 9.88 Å². The van der Waals surface area contributed by atoms with E-state index in [1.807, 2.05) is 35.9 Å². The number of amides is 1. The van der Waals surface area contributed by atoms with Crippen LogP contribution in [0.5, 0.6) is 0 Å². The number of para-hydroxylation sites is 2. The van der Waals surface area contributed by atoms with E-state index in [9.17, 15) is 10.1 Å². The van der Waals surface area contributed by atoms with Gasteiger partial charge >= 0.3 is 0 Å². The van der Waals surface area contributed by atoms with Gasteiger partial charge in [0.05, 0.1) is 22.9 Å². The number of nitrogens with zero attached hydrogens (tertiary/aromatic N) is 3. The lowest BCUT2D eigenvalue weighted by molar-refractivity contribution is -0.120. The summed E-state index contributed by atoms with van der Waals surface area (Å²) in [5, 5.41) is 13.2. The molecule has 5 nitrogen and oxygen atoms in total. The quantitative estimate of drug-likeness (QED) is 0.876. The molecule has 2 aromatic rings. The predicted octanol–water partition coefficient (Wildman–Crippen LogP) is 3.01. The molecule has 0 atom stereocenters. The minimum absolute atomic E-state index is 0.0921. The number of hydrogen-bond donors (Lipinski definition) is 1. The van der Waals surface area contributed by atoms with E-state index >= 15 is 0 Å². The summed E-state index contributed by atoms with van der Waals surface area (Å²) in [4.78, 5) is 16.8. The van der Waals surface area contributed by atoms with Gasteiger partial charge in [-0.3, -0.25) is 4.79 Å². The van der Waals surface area contributed by atoms with Crippen molar-refractivity contribution in [1.82, 2.24) is 14.9 Å². The second-order valence-electron chi connectivity index (χ2n) is 6.03. The molecule has 0 bridgehead atoms. The summed E-state index contributed by atoms with van der Waals surface area (Å²) in [7, 11) is 1.95. The van der Waals surface area contributed by atoms with E-state index in [1.54, 1.807) is 0 Å². The van der Waals surface area contributed by atoms with Crippen LogP contribution < -0.4 is 5.32 Å². The Kier molecular flexibility index (Phi) is 4.58. The van der Waals surface area contributed by atoms with Crippen LogP contribution in [-0.2, 0) is 11.8 Å². The van der Waals surface area contributed by atoms with Gasteiger partial charge in [0, 0.05) is 7.05 Å². The van der Waals surface area contributed by atoms with Crippen molar-refractivity contribution in [2.45, 2.75) is 42.8 Å². The number of aromatic nitrogens is 2. The molecule has 1 saturated carbocycles. The van der Waals surface area contributed by atoms with Gasteiger partial charge in [0.15, 0.2) is 5.16 Å². The van der Waals surface area contributed by atoms with E-state index < -0.39 is 5.54 Å². The molecule has 0 spiro atoms. The Morgan fingerprint density at radius 2 is 2.13 bits per heavy atom. The zero-order valence-electron chi connectivity index (χ0n) is 13.2.